The zero-order valence-corrected chi connectivity index (χ0v) is 11.9. The van der Waals surface area contributed by atoms with Crippen LogP contribution in [0.25, 0.3) is 0 Å². The summed E-state index contributed by atoms with van der Waals surface area (Å²) in [6.07, 6.45) is 3.96. The Morgan fingerprint density at radius 3 is 2.40 bits per heavy atom. The Hall–Kier alpha value is -1.86. The molecule has 106 valence electrons. The van der Waals surface area contributed by atoms with E-state index in [-0.39, 0.29) is 11.8 Å². The van der Waals surface area contributed by atoms with E-state index in [1.807, 2.05) is 12.1 Å². The minimum absolute atomic E-state index is 0.110. The normalized spacial score (nSPS) is 22.1. The molecule has 0 radical (unpaired) electrons. The second kappa shape index (κ2) is 6.53. The summed E-state index contributed by atoms with van der Waals surface area (Å²) in [6, 6.07) is 9.21. The zero-order valence-electron chi connectivity index (χ0n) is 11.9. The molecule has 0 heterocycles. The molecule has 0 aliphatic heterocycles. The maximum atomic E-state index is 12.5. The lowest BCUT2D eigenvalue weighted by molar-refractivity contribution is -0.123. The van der Waals surface area contributed by atoms with Crippen LogP contribution in [-0.2, 0) is 4.79 Å². The van der Waals surface area contributed by atoms with Gasteiger partial charge < -0.3 is 10.6 Å². The van der Waals surface area contributed by atoms with Gasteiger partial charge in [-0.3, -0.25) is 4.79 Å². The molecule has 0 aromatic heterocycles. The van der Waals surface area contributed by atoms with Gasteiger partial charge in [0.15, 0.2) is 0 Å². The van der Waals surface area contributed by atoms with Gasteiger partial charge in [0.25, 0.3) is 0 Å². The molecule has 0 bridgehead atoms. The number of hydrogen-bond donors (Lipinski definition) is 1. The minimum Gasteiger partial charge on any atom is -0.330 e. The Labute approximate surface area is 120 Å². The van der Waals surface area contributed by atoms with E-state index in [1.165, 1.54) is 0 Å². The quantitative estimate of drug-likeness (QED) is 0.917. The Morgan fingerprint density at radius 1 is 1.30 bits per heavy atom. The smallest absolute Gasteiger partial charge is 0.229 e. The van der Waals surface area contributed by atoms with Crippen molar-refractivity contribution in [3.8, 4) is 6.07 Å². The topological polar surface area (TPSA) is 70.1 Å². The molecule has 0 atom stereocenters. The van der Waals surface area contributed by atoms with Crippen LogP contribution < -0.4 is 10.6 Å². The van der Waals surface area contributed by atoms with Crippen molar-refractivity contribution in [3.05, 3.63) is 29.8 Å². The summed E-state index contributed by atoms with van der Waals surface area (Å²) in [5, 5.41) is 8.79. The predicted molar refractivity (Wildman–Crippen MR) is 79.1 cm³/mol. The van der Waals surface area contributed by atoms with Gasteiger partial charge in [-0.2, -0.15) is 5.26 Å². The number of rotatable bonds is 3. The lowest BCUT2D eigenvalue weighted by Crippen LogP contribution is -2.35. The van der Waals surface area contributed by atoms with E-state index in [1.54, 1.807) is 24.1 Å². The third kappa shape index (κ3) is 3.17. The van der Waals surface area contributed by atoms with E-state index in [4.69, 9.17) is 11.0 Å². The number of anilines is 1. The van der Waals surface area contributed by atoms with Gasteiger partial charge in [0.05, 0.1) is 11.6 Å². The lowest BCUT2D eigenvalue weighted by Gasteiger charge is -2.30. The van der Waals surface area contributed by atoms with E-state index >= 15 is 0 Å². The van der Waals surface area contributed by atoms with E-state index in [2.05, 4.69) is 6.07 Å². The summed E-state index contributed by atoms with van der Waals surface area (Å²) in [5.74, 6) is 0.864. The van der Waals surface area contributed by atoms with Gasteiger partial charge in [-0.1, -0.05) is 0 Å². The molecule has 1 amide bonds. The fourth-order valence-corrected chi connectivity index (χ4v) is 2.81. The van der Waals surface area contributed by atoms with Gasteiger partial charge in [0.1, 0.15) is 0 Å². The lowest BCUT2D eigenvalue weighted by atomic mass is 9.81. The van der Waals surface area contributed by atoms with Crippen LogP contribution in [0.4, 0.5) is 5.69 Å². The van der Waals surface area contributed by atoms with Gasteiger partial charge in [-0.05, 0) is 62.4 Å². The number of carbonyl (C=O) groups is 1. The molecule has 1 saturated carbocycles. The first kappa shape index (κ1) is 14.5. The van der Waals surface area contributed by atoms with E-state index in [0.717, 1.165) is 37.9 Å². The van der Waals surface area contributed by atoms with Crippen molar-refractivity contribution in [2.45, 2.75) is 25.7 Å². The van der Waals surface area contributed by atoms with Crippen molar-refractivity contribution < 1.29 is 4.79 Å². The zero-order chi connectivity index (χ0) is 14.5. The largest absolute Gasteiger partial charge is 0.330 e. The molecule has 1 aromatic carbocycles. The van der Waals surface area contributed by atoms with Crippen LogP contribution in [0.1, 0.15) is 31.2 Å². The SMILES string of the molecule is CN(C(=O)C1CCC(CN)CC1)c1ccc(C#N)cc1. The first-order valence-corrected chi connectivity index (χ1v) is 7.13. The molecule has 0 saturated heterocycles. The van der Waals surface area contributed by atoms with Crippen LogP contribution in [0, 0.1) is 23.2 Å². The molecule has 4 heteroatoms. The number of amides is 1. The monoisotopic (exact) mass is 271 g/mol. The molecule has 0 unspecified atom stereocenters. The van der Waals surface area contributed by atoms with Gasteiger partial charge in [0, 0.05) is 18.7 Å². The van der Waals surface area contributed by atoms with Gasteiger partial charge >= 0.3 is 0 Å². The number of nitrogens with zero attached hydrogens (tertiary/aromatic N) is 2. The highest BCUT2D eigenvalue weighted by molar-refractivity contribution is 5.94. The molecular formula is C16H21N3O. The number of carbonyl (C=O) groups excluding carboxylic acids is 1. The third-order valence-corrected chi connectivity index (χ3v) is 4.24. The highest BCUT2D eigenvalue weighted by atomic mass is 16.2. The average molecular weight is 271 g/mol. The molecule has 20 heavy (non-hydrogen) atoms. The Bertz CT molecular complexity index is 495. The summed E-state index contributed by atoms with van der Waals surface area (Å²) in [7, 11) is 1.80. The van der Waals surface area contributed by atoms with Crippen molar-refractivity contribution >= 4 is 11.6 Å². The molecule has 1 aliphatic carbocycles. The maximum absolute atomic E-state index is 12.5. The number of nitrogens with two attached hydrogens (primary N) is 1. The van der Waals surface area contributed by atoms with Gasteiger partial charge in [0.2, 0.25) is 5.91 Å². The van der Waals surface area contributed by atoms with Gasteiger partial charge in [-0.25, -0.2) is 0 Å². The average Bonchev–Trinajstić information content (AvgIpc) is 2.53. The highest BCUT2D eigenvalue weighted by Crippen LogP contribution is 2.30. The Morgan fingerprint density at radius 2 is 1.90 bits per heavy atom. The fraction of sp³-hybridized carbons (Fsp3) is 0.500. The van der Waals surface area contributed by atoms with E-state index in [0.29, 0.717) is 11.5 Å². The van der Waals surface area contributed by atoms with E-state index in [9.17, 15) is 4.79 Å². The Kier molecular flexibility index (Phi) is 4.75. The third-order valence-electron chi connectivity index (χ3n) is 4.24. The fourth-order valence-electron chi connectivity index (χ4n) is 2.81. The first-order valence-electron chi connectivity index (χ1n) is 7.13. The summed E-state index contributed by atoms with van der Waals surface area (Å²) in [6.45, 7) is 0.729. The summed E-state index contributed by atoms with van der Waals surface area (Å²) >= 11 is 0. The van der Waals surface area contributed by atoms with Crippen LogP contribution in [0.3, 0.4) is 0 Å². The van der Waals surface area contributed by atoms with Crippen LogP contribution in [0.2, 0.25) is 0 Å². The van der Waals surface area contributed by atoms with Crippen molar-refractivity contribution in [1.29, 1.82) is 5.26 Å². The second-order valence-corrected chi connectivity index (χ2v) is 5.51. The molecule has 0 spiro atoms. The van der Waals surface area contributed by atoms with Crippen molar-refractivity contribution in [2.24, 2.45) is 17.6 Å². The molecule has 2 N–H and O–H groups in total. The molecule has 1 fully saturated rings. The minimum atomic E-state index is 0.110. The molecule has 2 rings (SSSR count). The van der Waals surface area contributed by atoms with Crippen LogP contribution in [0.5, 0.6) is 0 Å². The predicted octanol–water partition coefficient (Wildman–Crippen LogP) is 2.29. The number of benzene rings is 1. The number of nitriles is 1. The summed E-state index contributed by atoms with van der Waals surface area (Å²) in [4.78, 5) is 14.2. The maximum Gasteiger partial charge on any atom is 0.229 e. The van der Waals surface area contributed by atoms with E-state index < -0.39 is 0 Å². The standard InChI is InChI=1S/C16H21N3O/c1-19(15-8-4-13(11-18)5-9-15)16(20)14-6-2-12(10-17)3-7-14/h4-5,8-9,12,14H,2-3,6-7,10,17H2,1H3. The van der Waals surface area contributed by atoms with Crippen molar-refractivity contribution in [3.63, 3.8) is 0 Å². The molecule has 1 aromatic rings. The van der Waals surface area contributed by atoms with Crippen LogP contribution in [-0.4, -0.2) is 19.5 Å². The molecular weight excluding hydrogens is 250 g/mol. The van der Waals surface area contributed by atoms with Crippen molar-refractivity contribution in [2.75, 3.05) is 18.5 Å². The van der Waals surface area contributed by atoms with Gasteiger partial charge in [-0.15, -0.1) is 0 Å². The summed E-state index contributed by atoms with van der Waals surface area (Å²) < 4.78 is 0. The molecule has 1 aliphatic rings. The summed E-state index contributed by atoms with van der Waals surface area (Å²) in [5.41, 5.74) is 7.13. The van der Waals surface area contributed by atoms with Crippen molar-refractivity contribution in [1.82, 2.24) is 0 Å². The second-order valence-electron chi connectivity index (χ2n) is 5.51. The van der Waals surface area contributed by atoms with Crippen LogP contribution >= 0.6 is 0 Å². The Balaban J connectivity index is 1.99. The first-order chi connectivity index (χ1) is 9.65. The molecule has 4 nitrogen and oxygen atoms in total. The highest BCUT2D eigenvalue weighted by Gasteiger charge is 2.28. The number of hydrogen-bond acceptors (Lipinski definition) is 3. The van der Waals surface area contributed by atoms with Crippen LogP contribution in [0.15, 0.2) is 24.3 Å².